The number of fused-ring (bicyclic) bond motifs is 8. The summed E-state index contributed by atoms with van der Waals surface area (Å²) in [5.74, 6) is -2.81. The van der Waals surface area contributed by atoms with Crippen LogP contribution in [-0.2, 0) is 14.3 Å². The summed E-state index contributed by atoms with van der Waals surface area (Å²) in [5, 5.41) is 25.3. The number of carbonyl (C=O) groups excluding carboxylic acids is 2. The zero-order valence-corrected chi connectivity index (χ0v) is 26.9. The van der Waals surface area contributed by atoms with Crippen molar-refractivity contribution in [2.75, 3.05) is 7.11 Å². The fourth-order valence-corrected chi connectivity index (χ4v) is 5.93. The molecule has 0 amide bonds. The molecule has 0 fully saturated rings. The van der Waals surface area contributed by atoms with Crippen molar-refractivity contribution in [2.24, 2.45) is 0 Å². The van der Waals surface area contributed by atoms with E-state index in [9.17, 15) is 19.8 Å². The maximum absolute atomic E-state index is 13.9. The molecule has 1 aliphatic carbocycles. The molecule has 0 radical (unpaired) electrons. The molecule has 220 valence electrons. The van der Waals surface area contributed by atoms with Gasteiger partial charge in [0.25, 0.3) is 0 Å². The van der Waals surface area contributed by atoms with E-state index in [1.807, 2.05) is 19.9 Å². The molecular formula is C35H26MgN4O5-2. The van der Waals surface area contributed by atoms with Gasteiger partial charge in [-0.2, -0.15) is 0 Å². The van der Waals surface area contributed by atoms with Gasteiger partial charge in [-0.25, -0.2) is 14.8 Å². The second-order valence-electron chi connectivity index (χ2n) is 10.6. The number of aryl methyl sites for hydroxylation is 2. The number of ether oxygens (including phenoxy) is 1. The molecule has 0 atom stereocenters. The van der Waals surface area contributed by atoms with Gasteiger partial charge in [0.05, 0.1) is 41.4 Å². The fraction of sp³-hybridized carbons (Fsp3) is 0.143. The van der Waals surface area contributed by atoms with Crippen molar-refractivity contribution >= 4 is 96.8 Å². The van der Waals surface area contributed by atoms with Gasteiger partial charge < -0.3 is 29.7 Å². The van der Waals surface area contributed by atoms with Gasteiger partial charge in [-0.15, -0.1) is 22.1 Å². The minimum absolute atomic E-state index is 0. The third-order valence-electron chi connectivity index (χ3n) is 8.30. The molecule has 0 spiro atoms. The van der Waals surface area contributed by atoms with Gasteiger partial charge in [-0.05, 0) is 56.0 Å². The van der Waals surface area contributed by atoms with E-state index in [0.29, 0.717) is 50.3 Å². The first-order valence-corrected chi connectivity index (χ1v) is 13.8. The Morgan fingerprint density at radius 1 is 0.844 bits per heavy atom. The molecule has 0 saturated carbocycles. The Morgan fingerprint density at radius 2 is 1.47 bits per heavy atom. The van der Waals surface area contributed by atoms with E-state index in [-0.39, 0.29) is 51.0 Å². The molecule has 5 heterocycles. The van der Waals surface area contributed by atoms with Gasteiger partial charge in [-0.1, -0.05) is 66.5 Å². The van der Waals surface area contributed by atoms with Crippen molar-refractivity contribution in [1.82, 2.24) is 19.9 Å². The van der Waals surface area contributed by atoms with Gasteiger partial charge in [-0.3, -0.25) is 0 Å². The summed E-state index contributed by atoms with van der Waals surface area (Å²) in [6, 6.07) is 5.47. The number of rotatable bonds is 5. The second kappa shape index (κ2) is 11.5. The number of hydrogen-bond donors (Lipinski definition) is 0. The maximum Gasteiger partial charge on any atom is 2.00 e. The number of carbonyl (C=O) groups is 2. The number of carboxylic acids is 1. The van der Waals surface area contributed by atoms with Crippen molar-refractivity contribution in [3.63, 3.8) is 0 Å². The quantitative estimate of drug-likeness (QED) is 0.242. The van der Waals surface area contributed by atoms with Gasteiger partial charge in [0.1, 0.15) is 0 Å². The van der Waals surface area contributed by atoms with Crippen molar-refractivity contribution in [3.8, 4) is 0 Å². The van der Waals surface area contributed by atoms with Gasteiger partial charge in [0.2, 0.25) is 0 Å². The second-order valence-corrected chi connectivity index (χ2v) is 10.6. The molecule has 3 aromatic rings. The number of nitrogens with zero attached hydrogens (tertiary/aromatic N) is 4. The summed E-state index contributed by atoms with van der Waals surface area (Å²) >= 11 is 0. The SMILES string of the molecule is C=CC1=C(C)c2cc3[n-]c(cc4nc(c5c6[n-]c(cc1n2)c(C)c6C([O-])=C5C(=O)OC)C(/C=C/C(=O)[O-])=C4C)c(C)c3C=C.[Mg+2]. The number of hydrogen-bond acceptors (Lipinski definition) is 7. The zero-order chi connectivity index (χ0) is 31.6. The molecule has 9 nitrogen and oxygen atoms in total. The van der Waals surface area contributed by atoms with E-state index in [4.69, 9.17) is 24.7 Å². The molecule has 3 aliphatic rings. The Kier molecular flexibility index (Phi) is 8.07. The molecule has 3 aromatic heterocycles. The Morgan fingerprint density at radius 3 is 2.11 bits per heavy atom. The first-order valence-electron chi connectivity index (χ1n) is 13.8. The summed E-state index contributed by atoms with van der Waals surface area (Å²) in [6.07, 6.45) is 5.69. The van der Waals surface area contributed by atoms with Gasteiger partial charge in [0.15, 0.2) is 0 Å². The standard InChI is InChI=1S/C35H30N4O5.Mg/c1-8-19-15(3)22-12-24-17(5)21(10-11-28(40)41)32(38-24)30-31(35(43)44-7)34(42)29-18(6)25(39-33(29)30)14-27-20(9-2)16(4)23(37-27)13-26(19)36-22;/h8-14H,1-2H2,3-7H3,(H4,36,37,38,39,40,41,42,43);/q;+2/p-4/b11-10+,22-12?,23-13?,24-12?,25-14?,26-13?,27-14?,32-30?;. The van der Waals surface area contributed by atoms with Crippen LogP contribution in [-0.4, -0.2) is 52.1 Å². The number of aromatic nitrogens is 4. The third-order valence-corrected chi connectivity index (χ3v) is 8.30. The van der Waals surface area contributed by atoms with Crippen molar-refractivity contribution < 1.29 is 24.5 Å². The van der Waals surface area contributed by atoms with Crippen LogP contribution in [0, 0.1) is 13.8 Å². The first kappa shape index (κ1) is 31.5. The number of carboxylic acid groups (broad SMARTS) is 1. The monoisotopic (exact) mass is 606 g/mol. The van der Waals surface area contributed by atoms with Crippen LogP contribution in [0.15, 0.2) is 49.6 Å². The van der Waals surface area contributed by atoms with E-state index in [2.05, 4.69) is 13.2 Å². The summed E-state index contributed by atoms with van der Waals surface area (Å²) in [7, 11) is 1.19. The summed E-state index contributed by atoms with van der Waals surface area (Å²) < 4.78 is 5.02. The smallest absolute Gasteiger partial charge is 0.871 e. The minimum atomic E-state index is -1.41. The van der Waals surface area contributed by atoms with Crippen LogP contribution in [0.2, 0.25) is 0 Å². The molecular weight excluding hydrogens is 581 g/mol. The predicted molar refractivity (Wildman–Crippen MR) is 172 cm³/mol. The van der Waals surface area contributed by atoms with E-state index in [0.717, 1.165) is 28.3 Å². The number of methoxy groups -OCH3 is 1. The third kappa shape index (κ3) is 4.77. The van der Waals surface area contributed by atoms with Crippen molar-refractivity contribution in [2.45, 2.75) is 27.7 Å². The molecule has 2 aliphatic heterocycles. The van der Waals surface area contributed by atoms with Crippen molar-refractivity contribution in [3.05, 3.63) is 100 Å². The number of esters is 1. The van der Waals surface area contributed by atoms with Gasteiger partial charge in [0, 0.05) is 16.7 Å². The van der Waals surface area contributed by atoms with E-state index in [1.54, 1.807) is 38.1 Å². The van der Waals surface area contributed by atoms with Crippen LogP contribution in [0.5, 0.6) is 0 Å². The number of allylic oxidation sites excluding steroid dienone is 6. The Bertz CT molecular complexity index is 2190. The average Bonchev–Trinajstić information content (AvgIpc) is 3.72. The molecule has 10 heteroatoms. The van der Waals surface area contributed by atoms with Crippen LogP contribution in [0.1, 0.15) is 64.4 Å². The van der Waals surface area contributed by atoms with Crippen molar-refractivity contribution in [1.29, 1.82) is 0 Å². The van der Waals surface area contributed by atoms with Crippen LogP contribution in [0.25, 0.3) is 61.8 Å². The molecule has 45 heavy (non-hydrogen) atoms. The topological polar surface area (TPSA) is 143 Å². The molecule has 0 N–H and O–H groups in total. The molecule has 0 aromatic carbocycles. The van der Waals surface area contributed by atoms with Crippen LogP contribution >= 0.6 is 0 Å². The average molecular weight is 607 g/mol. The van der Waals surface area contributed by atoms with E-state index in [1.165, 1.54) is 13.2 Å². The minimum Gasteiger partial charge on any atom is -0.871 e. The predicted octanol–water partition coefficient (Wildman–Crippen LogP) is 3.52. The zero-order valence-electron chi connectivity index (χ0n) is 25.5. The van der Waals surface area contributed by atoms with E-state index >= 15 is 0 Å². The maximum atomic E-state index is 13.9. The first-order chi connectivity index (χ1) is 21.0. The van der Waals surface area contributed by atoms with Gasteiger partial charge >= 0.3 is 29.0 Å². The Labute approximate surface area is 275 Å². The Hall–Kier alpha value is -4.93. The summed E-state index contributed by atoms with van der Waals surface area (Å²) in [5.41, 5.74) is 9.17. The fourth-order valence-electron chi connectivity index (χ4n) is 5.93. The molecule has 0 saturated heterocycles. The summed E-state index contributed by atoms with van der Waals surface area (Å²) in [4.78, 5) is 44.0. The van der Waals surface area contributed by atoms with Crippen LogP contribution in [0.4, 0.5) is 0 Å². The van der Waals surface area contributed by atoms with Crippen LogP contribution in [0.3, 0.4) is 0 Å². The largest absolute Gasteiger partial charge is 2.00 e. The van der Waals surface area contributed by atoms with E-state index < -0.39 is 17.7 Å². The molecule has 6 rings (SSSR count). The molecule has 8 bridgehead atoms. The Balaban J connectivity index is 0.00000400. The molecule has 0 unspecified atom stereocenters. The normalized spacial score (nSPS) is 13.9. The van der Waals surface area contributed by atoms with Crippen LogP contribution < -0.4 is 20.2 Å². The summed E-state index contributed by atoms with van der Waals surface area (Å²) in [6.45, 7) is 15.4. The number of aliphatic carboxylic acids is 1.